The van der Waals surface area contributed by atoms with E-state index in [0.717, 1.165) is 33.3 Å². The topological polar surface area (TPSA) is 84.2 Å². The fraction of sp³-hybridized carbons (Fsp3) is 0.381. The third kappa shape index (κ3) is 5.15. The lowest BCUT2D eigenvalue weighted by Gasteiger charge is -2.33. The molecule has 1 aromatic carbocycles. The zero-order chi connectivity index (χ0) is 22.2. The van der Waals surface area contributed by atoms with Crippen LogP contribution in [0.1, 0.15) is 58.3 Å². The molecule has 0 radical (unpaired) electrons. The molecule has 1 heterocycles. The summed E-state index contributed by atoms with van der Waals surface area (Å²) in [5.74, 6) is -0.365. The first kappa shape index (κ1) is 23.4. The number of primary amides is 1. The van der Waals surface area contributed by atoms with Gasteiger partial charge in [0.05, 0.1) is 16.1 Å². The maximum Gasteiger partial charge on any atom is 0.258 e. The first-order valence-electron chi connectivity index (χ1n) is 9.49. The summed E-state index contributed by atoms with van der Waals surface area (Å²) in [4.78, 5) is 25.9. The van der Waals surface area contributed by atoms with Gasteiger partial charge in [0.2, 0.25) is 0 Å². The maximum atomic E-state index is 12.6. The summed E-state index contributed by atoms with van der Waals surface area (Å²) in [5.41, 5.74) is 7.70. The summed E-state index contributed by atoms with van der Waals surface area (Å²) >= 11 is 15.1. The van der Waals surface area contributed by atoms with Crippen LogP contribution in [-0.4, -0.2) is 16.9 Å². The highest BCUT2D eigenvalue weighted by molar-refractivity contribution is 14.1. The van der Waals surface area contributed by atoms with E-state index in [-0.39, 0.29) is 10.5 Å². The average molecular weight is 576 g/mol. The van der Waals surface area contributed by atoms with Crippen molar-refractivity contribution in [3.63, 3.8) is 0 Å². The predicted octanol–water partition coefficient (Wildman–Crippen LogP) is 5.38. The first-order valence-corrected chi connectivity index (χ1v) is 12.2. The van der Waals surface area contributed by atoms with Crippen LogP contribution in [0.4, 0.5) is 5.00 Å². The highest BCUT2D eigenvalue weighted by atomic mass is 127. The summed E-state index contributed by atoms with van der Waals surface area (Å²) in [5, 5.41) is 6.68. The number of thiophene rings is 1. The molecule has 1 aliphatic carbocycles. The van der Waals surface area contributed by atoms with Crippen molar-refractivity contribution in [3.05, 3.63) is 48.4 Å². The van der Waals surface area contributed by atoms with E-state index in [1.54, 1.807) is 12.1 Å². The number of thiocarbonyl (C=S) groups is 1. The fourth-order valence-corrected chi connectivity index (χ4v) is 5.94. The van der Waals surface area contributed by atoms with Gasteiger partial charge in [-0.1, -0.05) is 32.4 Å². The molecule has 5 nitrogen and oxygen atoms in total. The van der Waals surface area contributed by atoms with Crippen LogP contribution < -0.4 is 16.4 Å². The van der Waals surface area contributed by atoms with Crippen LogP contribution in [0.2, 0.25) is 5.02 Å². The lowest BCUT2D eigenvalue weighted by atomic mass is 9.72. The van der Waals surface area contributed by atoms with Crippen molar-refractivity contribution in [1.29, 1.82) is 0 Å². The van der Waals surface area contributed by atoms with Gasteiger partial charge >= 0.3 is 0 Å². The summed E-state index contributed by atoms with van der Waals surface area (Å²) in [6.07, 6.45) is 2.73. The lowest BCUT2D eigenvalue weighted by Crippen LogP contribution is -2.34. The Morgan fingerprint density at radius 3 is 2.67 bits per heavy atom. The number of benzene rings is 1. The Morgan fingerprint density at radius 2 is 2.03 bits per heavy atom. The van der Waals surface area contributed by atoms with Crippen molar-refractivity contribution in [3.8, 4) is 0 Å². The second-order valence-electron chi connectivity index (χ2n) is 8.41. The molecular weight excluding hydrogens is 553 g/mol. The molecular formula is C21H23ClIN3O2S2. The molecule has 0 bridgehead atoms. The van der Waals surface area contributed by atoms with Crippen LogP contribution in [0, 0.1) is 14.9 Å². The average Bonchev–Trinajstić information content (AvgIpc) is 2.99. The summed E-state index contributed by atoms with van der Waals surface area (Å²) in [7, 11) is 0. The molecule has 1 unspecified atom stereocenters. The minimum Gasteiger partial charge on any atom is -0.365 e. The molecule has 0 aliphatic heterocycles. The number of carbonyl (C=O) groups is 2. The van der Waals surface area contributed by atoms with Gasteiger partial charge in [-0.05, 0) is 89.2 Å². The third-order valence-electron chi connectivity index (χ3n) is 5.36. The molecule has 2 amide bonds. The summed E-state index contributed by atoms with van der Waals surface area (Å²) < 4.78 is 0.886. The van der Waals surface area contributed by atoms with Crippen LogP contribution in [-0.2, 0) is 12.8 Å². The smallest absolute Gasteiger partial charge is 0.258 e. The maximum absolute atomic E-state index is 12.6. The third-order valence-corrected chi connectivity index (χ3v) is 7.74. The monoisotopic (exact) mass is 575 g/mol. The van der Waals surface area contributed by atoms with Gasteiger partial charge in [-0.25, -0.2) is 0 Å². The largest absolute Gasteiger partial charge is 0.365 e. The Balaban J connectivity index is 1.80. The Labute approximate surface area is 204 Å². The predicted molar refractivity (Wildman–Crippen MR) is 136 cm³/mol. The van der Waals surface area contributed by atoms with Crippen LogP contribution in [0.25, 0.3) is 0 Å². The van der Waals surface area contributed by atoms with E-state index in [0.29, 0.717) is 27.1 Å². The molecule has 0 spiro atoms. The highest BCUT2D eigenvalue weighted by Crippen LogP contribution is 2.44. The van der Waals surface area contributed by atoms with Gasteiger partial charge < -0.3 is 11.1 Å². The molecule has 160 valence electrons. The van der Waals surface area contributed by atoms with Gasteiger partial charge in [0.1, 0.15) is 5.00 Å². The molecule has 1 atom stereocenters. The van der Waals surface area contributed by atoms with Crippen LogP contribution in [0.3, 0.4) is 0 Å². The number of fused-ring (bicyclic) bond motifs is 1. The van der Waals surface area contributed by atoms with E-state index in [4.69, 9.17) is 29.6 Å². The zero-order valence-electron chi connectivity index (χ0n) is 16.9. The highest BCUT2D eigenvalue weighted by Gasteiger charge is 2.33. The van der Waals surface area contributed by atoms with Crippen molar-refractivity contribution < 1.29 is 9.59 Å². The molecule has 0 fully saturated rings. The first-order chi connectivity index (χ1) is 14.0. The SMILES string of the molecule is CC(C)(C)C1CCc2c(sc(NC(=S)NC(=O)c3cc(I)ccc3Cl)c2C(N)=O)C1. The van der Waals surface area contributed by atoms with Crippen molar-refractivity contribution in [2.75, 3.05) is 5.32 Å². The molecule has 1 aromatic heterocycles. The number of carbonyl (C=O) groups excluding carboxylic acids is 2. The normalized spacial score (nSPS) is 16.0. The lowest BCUT2D eigenvalue weighted by molar-refractivity contribution is 0.0975. The summed E-state index contributed by atoms with van der Waals surface area (Å²) in [6.45, 7) is 6.72. The second kappa shape index (κ2) is 9.10. The van der Waals surface area contributed by atoms with Gasteiger partial charge in [0.25, 0.3) is 11.8 Å². The summed E-state index contributed by atoms with van der Waals surface area (Å²) in [6, 6.07) is 5.17. The van der Waals surface area contributed by atoms with Crippen LogP contribution in [0.15, 0.2) is 18.2 Å². The van der Waals surface area contributed by atoms with E-state index in [9.17, 15) is 9.59 Å². The van der Waals surface area contributed by atoms with Crippen molar-refractivity contribution in [1.82, 2.24) is 5.32 Å². The van der Waals surface area contributed by atoms with Gasteiger partial charge in [-0.15, -0.1) is 11.3 Å². The standard InChI is InChI=1S/C21H23ClIN3O2S2/c1-21(2,3)10-4-6-12-15(8-10)30-19(16(12)17(24)27)26-20(29)25-18(28)13-9-11(23)5-7-14(13)22/h5,7,9-10H,4,6,8H2,1-3H3,(H2,24,27)(H2,25,26,28,29). The van der Waals surface area contributed by atoms with Crippen molar-refractivity contribution in [2.45, 2.75) is 40.0 Å². The minimum absolute atomic E-state index is 0.100. The number of hydrogen-bond donors (Lipinski definition) is 3. The number of anilines is 1. The molecule has 30 heavy (non-hydrogen) atoms. The molecule has 2 aromatic rings. The van der Waals surface area contributed by atoms with E-state index in [1.807, 2.05) is 6.07 Å². The van der Waals surface area contributed by atoms with Gasteiger partial charge in [-0.2, -0.15) is 0 Å². The molecule has 9 heteroatoms. The molecule has 0 saturated carbocycles. The van der Waals surface area contributed by atoms with Gasteiger partial charge in [-0.3, -0.25) is 14.9 Å². The number of amides is 2. The van der Waals surface area contributed by atoms with E-state index in [2.05, 4.69) is 54.0 Å². The van der Waals surface area contributed by atoms with Crippen LogP contribution in [0.5, 0.6) is 0 Å². The fourth-order valence-electron chi connectivity index (χ4n) is 3.65. The molecule has 0 saturated heterocycles. The van der Waals surface area contributed by atoms with Gasteiger partial charge in [0.15, 0.2) is 5.11 Å². The second-order valence-corrected chi connectivity index (χ2v) is 11.6. The molecule has 3 rings (SSSR count). The number of nitrogens with two attached hydrogens (primary N) is 1. The quantitative estimate of drug-likeness (QED) is 0.339. The number of rotatable bonds is 3. The van der Waals surface area contributed by atoms with Crippen molar-refractivity contribution >= 4 is 79.7 Å². The zero-order valence-corrected chi connectivity index (χ0v) is 21.4. The Kier molecular flexibility index (Phi) is 7.11. The van der Waals surface area contributed by atoms with E-state index >= 15 is 0 Å². The molecule has 1 aliphatic rings. The number of halogens is 2. The Hall–Kier alpha value is -1.23. The minimum atomic E-state index is -0.487. The van der Waals surface area contributed by atoms with E-state index < -0.39 is 11.8 Å². The van der Waals surface area contributed by atoms with Gasteiger partial charge in [0, 0.05) is 8.45 Å². The van der Waals surface area contributed by atoms with Crippen LogP contribution >= 0.6 is 57.7 Å². The Morgan fingerprint density at radius 1 is 1.33 bits per heavy atom. The van der Waals surface area contributed by atoms with E-state index in [1.165, 1.54) is 11.3 Å². The van der Waals surface area contributed by atoms with Crippen molar-refractivity contribution in [2.24, 2.45) is 17.1 Å². The number of hydrogen-bond acceptors (Lipinski definition) is 4. The molecule has 4 N–H and O–H groups in total. The number of nitrogens with one attached hydrogen (secondary N) is 2. The Bertz CT molecular complexity index is 1030.